The van der Waals surface area contributed by atoms with E-state index in [9.17, 15) is 39.4 Å². The molecule has 4 amide bonds. The molecule has 2 rings (SSSR count). The number of carbonyl (C=O) groups excluding carboxylic acids is 4. The van der Waals surface area contributed by atoms with E-state index < -0.39 is 44.8 Å². The minimum atomic E-state index is -0.793. The maximum absolute atomic E-state index is 12.3. The van der Waals surface area contributed by atoms with Crippen LogP contribution >= 0.6 is 11.6 Å². The summed E-state index contributed by atoms with van der Waals surface area (Å²) in [6, 6.07) is 4.83. The van der Waals surface area contributed by atoms with E-state index in [2.05, 4.69) is 10.6 Å². The first-order valence-corrected chi connectivity index (χ1v) is 15.9. The molecule has 2 N–H and O–H groups in total. The number of hydrogen-bond acceptors (Lipinski definition) is 13. The summed E-state index contributed by atoms with van der Waals surface area (Å²) in [5, 5.41) is 27.7. The Morgan fingerprint density at radius 2 is 1.04 bits per heavy atom. The molecular weight excluding hydrogens is 710 g/mol. The van der Waals surface area contributed by atoms with Crippen LogP contribution < -0.4 is 29.9 Å². The van der Waals surface area contributed by atoms with E-state index in [0.29, 0.717) is 0 Å². The highest BCUT2D eigenvalue weighted by molar-refractivity contribution is 6.29. The fourth-order valence-corrected chi connectivity index (χ4v) is 4.22. The normalized spacial score (nSPS) is 11.0. The van der Waals surface area contributed by atoms with Gasteiger partial charge in [-0.15, -0.1) is 11.6 Å². The van der Waals surface area contributed by atoms with E-state index in [0.717, 1.165) is 17.0 Å². The third-order valence-corrected chi connectivity index (χ3v) is 6.52. The number of nitro benzene ring substituents is 2. The van der Waals surface area contributed by atoms with Crippen LogP contribution in [0.2, 0.25) is 0 Å². The van der Waals surface area contributed by atoms with Gasteiger partial charge in [0.25, 0.3) is 11.4 Å². The summed E-state index contributed by atoms with van der Waals surface area (Å²) in [6.07, 6.45) is -1.57. The Morgan fingerprint density at radius 3 is 1.31 bits per heavy atom. The van der Waals surface area contributed by atoms with Crippen molar-refractivity contribution in [2.75, 3.05) is 75.3 Å². The number of methoxy groups -OCH3 is 2. The summed E-state index contributed by atoms with van der Waals surface area (Å²) in [5.41, 5.74) is -2.07. The Hall–Kier alpha value is -5.43. The number of nitrogens with one attached hydrogen (secondary N) is 2. The number of hydrogen-bond donors (Lipinski definition) is 2. The Bertz CT molecular complexity index is 1660. The van der Waals surface area contributed by atoms with Crippen molar-refractivity contribution in [3.8, 4) is 11.5 Å². The van der Waals surface area contributed by atoms with Crippen LogP contribution in [0, 0.1) is 20.2 Å². The lowest BCUT2D eigenvalue weighted by Gasteiger charge is -2.22. The van der Waals surface area contributed by atoms with Crippen molar-refractivity contribution in [2.45, 2.75) is 52.7 Å². The van der Waals surface area contributed by atoms with Gasteiger partial charge < -0.3 is 33.6 Å². The number of ether oxygens (including phenoxy) is 4. The Labute approximate surface area is 306 Å². The maximum atomic E-state index is 12.3. The van der Waals surface area contributed by atoms with Gasteiger partial charge in [-0.25, -0.2) is 9.59 Å². The highest BCUT2D eigenvalue weighted by Gasteiger charge is 2.28. The summed E-state index contributed by atoms with van der Waals surface area (Å²) >= 11 is 5.50. The zero-order chi connectivity index (χ0) is 40.3. The molecule has 0 aliphatic carbocycles. The molecule has 0 radical (unpaired) electrons. The van der Waals surface area contributed by atoms with Crippen molar-refractivity contribution in [1.82, 2.24) is 4.90 Å². The molecule has 0 saturated heterocycles. The molecule has 0 aliphatic rings. The average molecular weight is 756 g/mol. The topological polar surface area (TPSA) is 225 Å². The largest absolute Gasteiger partial charge is 0.494 e. The molecule has 0 unspecified atom stereocenters. The molecule has 0 aromatic heterocycles. The van der Waals surface area contributed by atoms with Gasteiger partial charge in [-0.05, 0) is 55.6 Å². The van der Waals surface area contributed by atoms with Gasteiger partial charge in [-0.2, -0.15) is 0 Å². The van der Waals surface area contributed by atoms with Gasteiger partial charge in [0, 0.05) is 38.4 Å². The van der Waals surface area contributed by atoms with Crippen molar-refractivity contribution in [2.24, 2.45) is 0 Å². The molecule has 19 nitrogen and oxygen atoms in total. The summed E-state index contributed by atoms with van der Waals surface area (Å²) in [5.74, 6) is -0.919. The van der Waals surface area contributed by atoms with E-state index in [-0.39, 0.29) is 58.3 Å². The molecule has 2 aromatic carbocycles. The quantitative estimate of drug-likeness (QED) is 0.161. The lowest BCUT2D eigenvalue weighted by molar-refractivity contribution is -0.384. The van der Waals surface area contributed by atoms with Crippen LogP contribution in [0.5, 0.6) is 11.5 Å². The Balaban J connectivity index is 0.000000522. The molecule has 0 fully saturated rings. The van der Waals surface area contributed by atoms with E-state index in [1.54, 1.807) is 60.5 Å². The number of halogens is 1. The number of benzene rings is 2. The first kappa shape index (κ1) is 44.6. The van der Waals surface area contributed by atoms with Crippen molar-refractivity contribution >= 4 is 69.7 Å². The predicted octanol–water partition coefficient (Wildman–Crippen LogP) is 5.63. The van der Waals surface area contributed by atoms with Crippen molar-refractivity contribution < 1.29 is 48.0 Å². The SMILES string of the molecule is COc1cc(N(C)C(=O)CCl)c([N+](=O)[O-])cc1NC(=O)OC(C)(C)C.COc1cc(N(C)C(=O)CN(C)C)c([N+](=O)[O-])cc1NC(=O)OC(C)(C)C. The monoisotopic (exact) mass is 755 g/mol. The number of anilines is 4. The lowest BCUT2D eigenvalue weighted by atomic mass is 10.2. The smallest absolute Gasteiger partial charge is 0.412 e. The minimum Gasteiger partial charge on any atom is -0.494 e. The lowest BCUT2D eigenvalue weighted by Crippen LogP contribution is -2.35. The van der Waals surface area contributed by atoms with Gasteiger partial charge in [-0.3, -0.25) is 40.5 Å². The second-order valence-corrected chi connectivity index (χ2v) is 13.4. The summed E-state index contributed by atoms with van der Waals surface area (Å²) in [6.45, 7) is 10.2. The number of nitro groups is 2. The van der Waals surface area contributed by atoms with Gasteiger partial charge >= 0.3 is 12.2 Å². The van der Waals surface area contributed by atoms with Crippen LogP contribution in [0.25, 0.3) is 0 Å². The molecule has 0 atom stereocenters. The average Bonchev–Trinajstić information content (AvgIpc) is 3.01. The first-order chi connectivity index (χ1) is 23.8. The highest BCUT2D eigenvalue weighted by atomic mass is 35.5. The maximum Gasteiger partial charge on any atom is 0.412 e. The third-order valence-electron chi connectivity index (χ3n) is 6.29. The van der Waals surface area contributed by atoms with E-state index in [1.807, 2.05) is 0 Å². The van der Waals surface area contributed by atoms with E-state index >= 15 is 0 Å². The van der Waals surface area contributed by atoms with Crippen molar-refractivity contribution in [1.29, 1.82) is 0 Å². The molecule has 0 spiro atoms. The van der Waals surface area contributed by atoms with Crippen molar-refractivity contribution in [3.05, 3.63) is 44.5 Å². The Morgan fingerprint density at radius 1 is 0.692 bits per heavy atom. The van der Waals surface area contributed by atoms with Crippen LogP contribution in [0.3, 0.4) is 0 Å². The Kier molecular flexibility index (Phi) is 16.0. The van der Waals surface area contributed by atoms with Gasteiger partial charge in [0.05, 0.1) is 42.0 Å². The fourth-order valence-electron chi connectivity index (χ4n) is 4.04. The third kappa shape index (κ3) is 13.7. The van der Waals surface area contributed by atoms with Gasteiger partial charge in [-0.1, -0.05) is 0 Å². The number of likely N-dealkylation sites (N-methyl/N-ethyl adjacent to an activating group) is 2. The fraction of sp³-hybridized carbons (Fsp3) is 0.500. The molecule has 2 aromatic rings. The number of alkyl halides is 1. The molecule has 0 bridgehead atoms. The van der Waals surface area contributed by atoms with E-state index in [1.165, 1.54) is 45.3 Å². The summed E-state index contributed by atoms with van der Waals surface area (Å²) < 4.78 is 20.6. The molecule has 0 saturated carbocycles. The number of amides is 4. The number of carbonyl (C=O) groups is 4. The second kappa shape index (κ2) is 18.7. The highest BCUT2D eigenvalue weighted by Crippen LogP contribution is 2.39. The molecular formula is C32H46ClN7O12. The summed E-state index contributed by atoms with van der Waals surface area (Å²) in [4.78, 5) is 73.4. The second-order valence-electron chi connectivity index (χ2n) is 13.1. The zero-order valence-corrected chi connectivity index (χ0v) is 32.0. The van der Waals surface area contributed by atoms with Crippen LogP contribution in [-0.2, 0) is 19.1 Å². The van der Waals surface area contributed by atoms with Gasteiger partial charge in [0.15, 0.2) is 0 Å². The number of rotatable bonds is 11. The van der Waals surface area contributed by atoms with Crippen LogP contribution in [0.1, 0.15) is 41.5 Å². The van der Waals surface area contributed by atoms with Crippen LogP contribution in [-0.4, -0.2) is 105 Å². The summed E-state index contributed by atoms with van der Waals surface area (Å²) in [7, 11) is 8.91. The molecule has 0 heterocycles. The molecule has 288 valence electrons. The van der Waals surface area contributed by atoms with Gasteiger partial charge in [0.1, 0.15) is 40.0 Å². The van der Waals surface area contributed by atoms with Gasteiger partial charge in [0.2, 0.25) is 11.8 Å². The molecule has 20 heteroatoms. The molecule has 52 heavy (non-hydrogen) atoms. The van der Waals surface area contributed by atoms with Crippen molar-refractivity contribution in [3.63, 3.8) is 0 Å². The minimum absolute atomic E-state index is 0.0118. The molecule has 0 aliphatic heterocycles. The van der Waals surface area contributed by atoms with E-state index in [4.69, 9.17) is 30.5 Å². The van der Waals surface area contributed by atoms with Crippen LogP contribution in [0.15, 0.2) is 24.3 Å². The standard InChI is InChI=1S/C17H26N4O6.C15H20ClN3O6/c1-17(2,3)27-16(23)18-11-8-13(21(24)25)12(9-14(11)26-7)20(6)15(22)10-19(4)5;1-15(2,3)25-14(21)17-9-6-11(19(22)23)10(7-12(9)24-5)18(4)13(20)8-16/h8-9H,10H2,1-7H3,(H,18,23);6-7H,8H2,1-5H3,(H,17,21). The number of nitrogens with zero attached hydrogens (tertiary/aromatic N) is 5. The predicted molar refractivity (Wildman–Crippen MR) is 195 cm³/mol. The zero-order valence-electron chi connectivity index (χ0n) is 31.2. The van der Waals surface area contributed by atoms with Crippen LogP contribution in [0.4, 0.5) is 43.7 Å². The first-order valence-electron chi connectivity index (χ1n) is 15.3.